The van der Waals surface area contributed by atoms with Crippen molar-refractivity contribution >= 4 is 17.5 Å². The third-order valence-electron chi connectivity index (χ3n) is 3.61. The number of hydrogen-bond acceptors (Lipinski definition) is 3. The van der Waals surface area contributed by atoms with Gasteiger partial charge in [0.1, 0.15) is 0 Å². The van der Waals surface area contributed by atoms with Gasteiger partial charge in [0.25, 0.3) is 0 Å². The summed E-state index contributed by atoms with van der Waals surface area (Å²) in [5.41, 5.74) is 5.08. The summed E-state index contributed by atoms with van der Waals surface area (Å²) >= 11 is 1.90. The van der Waals surface area contributed by atoms with E-state index in [1.807, 2.05) is 11.8 Å². The zero-order valence-corrected chi connectivity index (χ0v) is 13.4. The number of aliphatic imine (C=N–C) groups is 1. The molecular weight excluding hydrogens is 276 g/mol. The smallest absolute Gasteiger partial charge is 0.0733 e. The van der Waals surface area contributed by atoms with Crippen LogP contribution in [0, 0.1) is 0 Å². The van der Waals surface area contributed by atoms with E-state index in [0.29, 0.717) is 0 Å². The minimum Gasteiger partial charge on any atom is -0.308 e. The molecule has 0 bridgehead atoms. The fourth-order valence-electron chi connectivity index (χ4n) is 2.50. The lowest BCUT2D eigenvalue weighted by Crippen LogP contribution is -2.17. The number of nitrogens with zero attached hydrogens (tertiary/aromatic N) is 2. The molecule has 1 heterocycles. The van der Waals surface area contributed by atoms with Crippen molar-refractivity contribution in [3.63, 3.8) is 0 Å². The van der Waals surface area contributed by atoms with Gasteiger partial charge < -0.3 is 4.90 Å². The summed E-state index contributed by atoms with van der Waals surface area (Å²) in [5.74, 6) is 1.01. The van der Waals surface area contributed by atoms with Crippen LogP contribution in [-0.2, 0) is 5.75 Å². The van der Waals surface area contributed by atoms with Crippen LogP contribution in [0.25, 0.3) is 0 Å². The molecule has 0 aromatic heterocycles. The van der Waals surface area contributed by atoms with E-state index in [4.69, 9.17) is 4.99 Å². The number of hydrogen-bond donors (Lipinski definition) is 0. The van der Waals surface area contributed by atoms with E-state index in [2.05, 4.69) is 67.5 Å². The van der Waals surface area contributed by atoms with Crippen LogP contribution in [0.1, 0.15) is 16.7 Å². The number of likely N-dealkylation sites (N-methyl/N-ethyl adjacent to an activating group) is 1. The number of benzene rings is 2. The second kappa shape index (κ2) is 6.46. The Kier molecular flexibility index (Phi) is 4.42. The van der Waals surface area contributed by atoms with Crippen LogP contribution in [-0.4, -0.2) is 37.8 Å². The monoisotopic (exact) mass is 296 g/mol. The molecule has 3 rings (SSSR count). The van der Waals surface area contributed by atoms with Crippen LogP contribution >= 0.6 is 11.8 Å². The molecule has 2 aromatic rings. The Morgan fingerprint density at radius 1 is 1.00 bits per heavy atom. The average Bonchev–Trinajstić information content (AvgIpc) is 2.65. The van der Waals surface area contributed by atoms with Gasteiger partial charge in [0.05, 0.1) is 12.3 Å². The van der Waals surface area contributed by atoms with Gasteiger partial charge in [0, 0.05) is 28.3 Å². The van der Waals surface area contributed by atoms with Gasteiger partial charge in [-0.1, -0.05) is 42.5 Å². The average molecular weight is 296 g/mol. The summed E-state index contributed by atoms with van der Waals surface area (Å²) in [4.78, 5) is 8.43. The van der Waals surface area contributed by atoms with Gasteiger partial charge in [-0.15, -0.1) is 11.8 Å². The molecule has 0 N–H and O–H groups in total. The Balaban J connectivity index is 2.07. The maximum atomic E-state index is 4.93. The minimum absolute atomic E-state index is 0.829. The topological polar surface area (TPSA) is 15.6 Å². The molecule has 0 spiro atoms. The summed E-state index contributed by atoms with van der Waals surface area (Å²) in [5, 5.41) is 0. The van der Waals surface area contributed by atoms with Crippen molar-refractivity contribution in [3.8, 4) is 0 Å². The van der Waals surface area contributed by atoms with Crippen molar-refractivity contribution in [2.75, 3.05) is 27.2 Å². The highest BCUT2D eigenvalue weighted by Gasteiger charge is 2.18. The highest BCUT2D eigenvalue weighted by Crippen LogP contribution is 2.33. The molecule has 21 heavy (non-hydrogen) atoms. The normalized spacial score (nSPS) is 15.7. The van der Waals surface area contributed by atoms with Crippen LogP contribution < -0.4 is 0 Å². The van der Waals surface area contributed by atoms with Gasteiger partial charge in [-0.3, -0.25) is 4.99 Å². The van der Waals surface area contributed by atoms with Crippen molar-refractivity contribution in [2.24, 2.45) is 4.99 Å². The molecule has 108 valence electrons. The summed E-state index contributed by atoms with van der Waals surface area (Å²) < 4.78 is 0. The lowest BCUT2D eigenvalue weighted by atomic mass is 9.98. The van der Waals surface area contributed by atoms with Crippen molar-refractivity contribution in [1.29, 1.82) is 0 Å². The van der Waals surface area contributed by atoms with Gasteiger partial charge in [-0.05, 0) is 25.7 Å². The second-order valence-corrected chi connectivity index (χ2v) is 6.49. The first-order valence-corrected chi connectivity index (χ1v) is 8.24. The molecule has 3 heteroatoms. The Labute approximate surface area is 130 Å². The largest absolute Gasteiger partial charge is 0.308 e. The minimum atomic E-state index is 0.829. The molecule has 0 fully saturated rings. The van der Waals surface area contributed by atoms with Gasteiger partial charge in [-0.25, -0.2) is 0 Å². The molecule has 0 atom stereocenters. The van der Waals surface area contributed by atoms with Crippen molar-refractivity contribution in [2.45, 2.75) is 10.6 Å². The van der Waals surface area contributed by atoms with Crippen LogP contribution in [0.4, 0.5) is 0 Å². The van der Waals surface area contributed by atoms with Crippen LogP contribution in [0.5, 0.6) is 0 Å². The third kappa shape index (κ3) is 3.20. The third-order valence-corrected chi connectivity index (χ3v) is 4.74. The first-order chi connectivity index (χ1) is 10.3. The zero-order valence-electron chi connectivity index (χ0n) is 12.5. The Hall–Kier alpha value is -1.58. The number of fused-ring (bicyclic) bond motifs is 2. The highest BCUT2D eigenvalue weighted by molar-refractivity contribution is 7.98. The van der Waals surface area contributed by atoms with Gasteiger partial charge in [0.15, 0.2) is 0 Å². The van der Waals surface area contributed by atoms with Crippen molar-refractivity contribution < 1.29 is 0 Å². The van der Waals surface area contributed by atoms with E-state index in [-0.39, 0.29) is 0 Å². The van der Waals surface area contributed by atoms with E-state index < -0.39 is 0 Å². The maximum absolute atomic E-state index is 4.93. The van der Waals surface area contributed by atoms with Gasteiger partial charge in [0.2, 0.25) is 0 Å². The molecule has 0 unspecified atom stereocenters. The highest BCUT2D eigenvalue weighted by atomic mass is 32.2. The van der Waals surface area contributed by atoms with Crippen LogP contribution in [0.15, 0.2) is 58.4 Å². The Bertz CT molecular complexity index is 612. The first-order valence-electron chi connectivity index (χ1n) is 7.25. The van der Waals surface area contributed by atoms with Gasteiger partial charge in [-0.2, -0.15) is 0 Å². The summed E-state index contributed by atoms with van der Waals surface area (Å²) in [7, 11) is 4.18. The molecular formula is C18H20N2S. The summed E-state index contributed by atoms with van der Waals surface area (Å²) in [6, 6.07) is 17.3. The van der Waals surface area contributed by atoms with Crippen LogP contribution in [0.2, 0.25) is 0 Å². The standard InChI is InChI=1S/C18H20N2S/c1-20(2)12-11-19-18-15-8-4-3-7-14(15)13-21-17-10-6-5-9-16(17)18/h3-10H,11-13H2,1-2H3. The maximum Gasteiger partial charge on any atom is 0.0733 e. The summed E-state index contributed by atoms with van der Waals surface area (Å²) in [6.45, 7) is 1.80. The fourth-order valence-corrected chi connectivity index (χ4v) is 3.56. The van der Waals surface area contributed by atoms with Crippen molar-refractivity contribution in [3.05, 3.63) is 65.2 Å². The molecule has 0 saturated heterocycles. The molecule has 0 radical (unpaired) electrons. The fraction of sp³-hybridized carbons (Fsp3) is 0.278. The number of thioether (sulfide) groups is 1. The molecule has 1 aliphatic rings. The first kappa shape index (κ1) is 14.4. The van der Waals surface area contributed by atoms with E-state index in [1.165, 1.54) is 21.6 Å². The Morgan fingerprint density at radius 3 is 2.52 bits per heavy atom. The quantitative estimate of drug-likeness (QED) is 0.858. The lowest BCUT2D eigenvalue weighted by molar-refractivity contribution is 0.420. The van der Waals surface area contributed by atoms with E-state index >= 15 is 0 Å². The predicted molar refractivity (Wildman–Crippen MR) is 91.5 cm³/mol. The van der Waals surface area contributed by atoms with Crippen LogP contribution in [0.3, 0.4) is 0 Å². The van der Waals surface area contributed by atoms with E-state index in [9.17, 15) is 0 Å². The molecule has 2 aromatic carbocycles. The zero-order chi connectivity index (χ0) is 14.7. The SMILES string of the molecule is CN(C)CCN=C1c2ccccc2CSc2ccccc21. The second-order valence-electron chi connectivity index (χ2n) is 5.48. The number of rotatable bonds is 3. The van der Waals surface area contributed by atoms with Crippen molar-refractivity contribution in [1.82, 2.24) is 4.90 Å². The molecule has 0 saturated carbocycles. The molecule has 2 nitrogen and oxygen atoms in total. The molecule has 1 aliphatic heterocycles. The van der Waals surface area contributed by atoms with Gasteiger partial charge >= 0.3 is 0 Å². The van der Waals surface area contributed by atoms with E-state index in [0.717, 1.165) is 24.6 Å². The lowest BCUT2D eigenvalue weighted by Gasteiger charge is -2.12. The predicted octanol–water partition coefficient (Wildman–Crippen LogP) is 3.69. The molecule has 0 aliphatic carbocycles. The molecule has 0 amide bonds. The summed E-state index contributed by atoms with van der Waals surface area (Å²) in [6.07, 6.45) is 0. The van der Waals surface area contributed by atoms with E-state index in [1.54, 1.807) is 0 Å². The Morgan fingerprint density at radius 2 is 1.71 bits per heavy atom.